The maximum Gasteiger partial charge on any atom is 0.204 e. The van der Waals surface area contributed by atoms with Crippen LogP contribution in [0.3, 0.4) is 0 Å². The van der Waals surface area contributed by atoms with Crippen LogP contribution in [0.4, 0.5) is 5.13 Å². The third-order valence-corrected chi connectivity index (χ3v) is 5.40. The lowest BCUT2D eigenvalue weighted by atomic mass is 9.97. The highest BCUT2D eigenvalue weighted by Gasteiger charge is 2.06. The van der Waals surface area contributed by atoms with Crippen LogP contribution < -0.4 is 5.43 Å². The van der Waals surface area contributed by atoms with Crippen molar-refractivity contribution < 1.29 is 0 Å². The van der Waals surface area contributed by atoms with E-state index in [0.717, 1.165) is 20.9 Å². The molecule has 124 valence electrons. The molecule has 0 atom stereocenters. The Hall–Kier alpha value is -3.24. The molecular formula is C22H15N3S. The predicted molar refractivity (Wildman–Crippen MR) is 112 cm³/mol. The summed E-state index contributed by atoms with van der Waals surface area (Å²) in [7, 11) is 0. The van der Waals surface area contributed by atoms with Crippen molar-refractivity contribution >= 4 is 54.4 Å². The molecule has 0 bridgehead atoms. The number of nitrogens with zero attached hydrogens (tertiary/aromatic N) is 2. The summed E-state index contributed by atoms with van der Waals surface area (Å²) in [6.07, 6.45) is 1.90. The highest BCUT2D eigenvalue weighted by molar-refractivity contribution is 7.22. The van der Waals surface area contributed by atoms with Gasteiger partial charge in [-0.05, 0) is 39.7 Å². The second kappa shape index (κ2) is 6.24. The average Bonchev–Trinajstić information content (AvgIpc) is 3.10. The smallest absolute Gasteiger partial charge is 0.204 e. The normalized spacial score (nSPS) is 11.7. The highest BCUT2D eigenvalue weighted by Crippen LogP contribution is 2.28. The van der Waals surface area contributed by atoms with Crippen LogP contribution >= 0.6 is 11.3 Å². The Morgan fingerprint density at radius 1 is 0.808 bits per heavy atom. The molecule has 0 saturated carbocycles. The van der Waals surface area contributed by atoms with E-state index in [1.807, 2.05) is 24.4 Å². The molecule has 1 N–H and O–H groups in total. The van der Waals surface area contributed by atoms with Crippen LogP contribution in [0, 0.1) is 0 Å². The number of fused-ring (bicyclic) bond motifs is 3. The number of hydrogen-bond donors (Lipinski definition) is 1. The average molecular weight is 353 g/mol. The Labute approximate surface area is 154 Å². The maximum absolute atomic E-state index is 4.56. The molecule has 4 aromatic carbocycles. The van der Waals surface area contributed by atoms with Gasteiger partial charge in [0, 0.05) is 5.56 Å². The second-order valence-electron chi connectivity index (χ2n) is 6.09. The SMILES string of the molecule is C(=N\Nc1nc2ccccc2s1)/c1c2ccccc2cc2ccccc12. The van der Waals surface area contributed by atoms with Crippen LogP contribution in [0.25, 0.3) is 31.8 Å². The molecule has 0 aliphatic heterocycles. The molecule has 0 fully saturated rings. The van der Waals surface area contributed by atoms with Gasteiger partial charge in [0.05, 0.1) is 16.4 Å². The molecule has 0 aliphatic rings. The van der Waals surface area contributed by atoms with Crippen LogP contribution in [0.2, 0.25) is 0 Å². The van der Waals surface area contributed by atoms with E-state index in [1.54, 1.807) is 11.3 Å². The zero-order chi connectivity index (χ0) is 17.3. The van der Waals surface area contributed by atoms with Crippen molar-refractivity contribution in [1.29, 1.82) is 0 Å². The Kier molecular flexibility index (Phi) is 3.61. The second-order valence-corrected chi connectivity index (χ2v) is 7.12. The van der Waals surface area contributed by atoms with Gasteiger partial charge in [0.2, 0.25) is 5.13 Å². The number of aromatic nitrogens is 1. The number of rotatable bonds is 3. The van der Waals surface area contributed by atoms with Crippen molar-refractivity contribution in [2.45, 2.75) is 0 Å². The Morgan fingerprint density at radius 2 is 1.46 bits per heavy atom. The number of para-hydroxylation sites is 1. The maximum atomic E-state index is 4.56. The quantitative estimate of drug-likeness (QED) is 0.244. The van der Waals surface area contributed by atoms with Crippen LogP contribution in [0.5, 0.6) is 0 Å². The molecule has 0 radical (unpaired) electrons. The van der Waals surface area contributed by atoms with Gasteiger partial charge < -0.3 is 0 Å². The molecule has 3 nitrogen and oxygen atoms in total. The number of hydrazone groups is 1. The third kappa shape index (κ3) is 2.61. The molecular weight excluding hydrogens is 338 g/mol. The summed E-state index contributed by atoms with van der Waals surface area (Å²) in [4.78, 5) is 4.56. The lowest BCUT2D eigenvalue weighted by Gasteiger charge is -2.07. The topological polar surface area (TPSA) is 37.3 Å². The van der Waals surface area contributed by atoms with Gasteiger partial charge >= 0.3 is 0 Å². The summed E-state index contributed by atoms with van der Waals surface area (Å²) < 4.78 is 1.15. The van der Waals surface area contributed by atoms with E-state index < -0.39 is 0 Å². The summed E-state index contributed by atoms with van der Waals surface area (Å²) >= 11 is 1.60. The van der Waals surface area contributed by atoms with Gasteiger partial charge in [0.1, 0.15) is 0 Å². The molecule has 1 heterocycles. The minimum Gasteiger partial charge on any atom is -0.253 e. The van der Waals surface area contributed by atoms with Gasteiger partial charge in [-0.15, -0.1) is 0 Å². The van der Waals surface area contributed by atoms with Crippen molar-refractivity contribution in [2.75, 3.05) is 5.43 Å². The number of hydrogen-bond acceptors (Lipinski definition) is 4. The Morgan fingerprint density at radius 3 is 2.19 bits per heavy atom. The lowest BCUT2D eigenvalue weighted by Crippen LogP contribution is -1.92. The monoisotopic (exact) mass is 353 g/mol. The molecule has 0 saturated heterocycles. The summed E-state index contributed by atoms with van der Waals surface area (Å²) in [6.45, 7) is 0. The molecule has 0 aliphatic carbocycles. The number of nitrogens with one attached hydrogen (secondary N) is 1. The zero-order valence-corrected chi connectivity index (χ0v) is 14.7. The number of benzene rings is 4. The van der Waals surface area contributed by atoms with Crippen molar-refractivity contribution in [3.8, 4) is 0 Å². The van der Waals surface area contributed by atoms with E-state index in [1.165, 1.54) is 21.5 Å². The van der Waals surface area contributed by atoms with Crippen molar-refractivity contribution in [3.63, 3.8) is 0 Å². The van der Waals surface area contributed by atoms with E-state index in [4.69, 9.17) is 0 Å². The Bertz CT molecular complexity index is 1180. The van der Waals surface area contributed by atoms with Gasteiger partial charge in [-0.1, -0.05) is 72.0 Å². The summed E-state index contributed by atoms with van der Waals surface area (Å²) in [5.74, 6) is 0. The third-order valence-electron chi connectivity index (χ3n) is 4.46. The fourth-order valence-corrected chi connectivity index (χ4v) is 4.08. The predicted octanol–water partition coefficient (Wildman–Crippen LogP) is 6.05. The standard InChI is InChI=1S/C22H15N3S/c1-3-9-17-15(7-1)13-16-8-2-4-10-18(16)19(17)14-23-25-22-24-20-11-5-6-12-21(20)26-22/h1-14H,(H,24,25)/b23-14+. The van der Waals surface area contributed by atoms with Crippen molar-refractivity contribution in [2.24, 2.45) is 5.10 Å². The molecule has 4 heteroatoms. The lowest BCUT2D eigenvalue weighted by molar-refractivity contribution is 1.31. The fraction of sp³-hybridized carbons (Fsp3) is 0. The minimum atomic E-state index is 0.798. The first kappa shape index (κ1) is 15.0. The van der Waals surface area contributed by atoms with Crippen LogP contribution in [-0.4, -0.2) is 11.2 Å². The molecule has 0 amide bonds. The summed E-state index contributed by atoms with van der Waals surface area (Å²) in [5.41, 5.74) is 5.20. The van der Waals surface area contributed by atoms with Crippen molar-refractivity contribution in [3.05, 3.63) is 84.4 Å². The molecule has 26 heavy (non-hydrogen) atoms. The molecule has 5 aromatic rings. The largest absolute Gasteiger partial charge is 0.253 e. The van der Waals surface area contributed by atoms with Crippen LogP contribution in [0.1, 0.15) is 5.56 Å². The molecule has 1 aromatic heterocycles. The first-order chi connectivity index (χ1) is 12.9. The van der Waals surface area contributed by atoms with Crippen LogP contribution in [-0.2, 0) is 0 Å². The highest BCUT2D eigenvalue weighted by atomic mass is 32.1. The van der Waals surface area contributed by atoms with Gasteiger partial charge in [0.15, 0.2) is 0 Å². The number of anilines is 1. The van der Waals surface area contributed by atoms with Crippen LogP contribution in [0.15, 0.2) is 84.0 Å². The Balaban J connectivity index is 1.57. The van der Waals surface area contributed by atoms with E-state index in [-0.39, 0.29) is 0 Å². The first-order valence-electron chi connectivity index (χ1n) is 8.44. The molecule has 0 unspecified atom stereocenters. The number of thiazole rings is 1. The van der Waals surface area contributed by atoms with Crippen molar-refractivity contribution in [1.82, 2.24) is 4.98 Å². The van der Waals surface area contributed by atoms with E-state index in [9.17, 15) is 0 Å². The molecule has 5 rings (SSSR count). The fourth-order valence-electron chi connectivity index (χ4n) is 3.26. The molecule has 0 spiro atoms. The minimum absolute atomic E-state index is 0.798. The van der Waals surface area contributed by atoms with E-state index >= 15 is 0 Å². The summed E-state index contributed by atoms with van der Waals surface area (Å²) in [6, 6.07) is 27.1. The van der Waals surface area contributed by atoms with E-state index in [2.05, 4.69) is 76.2 Å². The van der Waals surface area contributed by atoms with Gasteiger partial charge in [-0.2, -0.15) is 5.10 Å². The van der Waals surface area contributed by atoms with Gasteiger partial charge in [-0.25, -0.2) is 4.98 Å². The first-order valence-corrected chi connectivity index (χ1v) is 9.25. The summed E-state index contributed by atoms with van der Waals surface area (Å²) in [5, 5.41) is 10.1. The van der Waals surface area contributed by atoms with E-state index in [0.29, 0.717) is 0 Å². The van der Waals surface area contributed by atoms with Gasteiger partial charge in [0.25, 0.3) is 0 Å². The van der Waals surface area contributed by atoms with Gasteiger partial charge in [-0.3, -0.25) is 5.43 Å². The zero-order valence-electron chi connectivity index (χ0n) is 13.9.